The molecule has 0 aromatic heterocycles. The minimum Gasteiger partial charge on any atom is -0.280 e. The molecule has 0 aliphatic rings. The molecule has 2 aromatic carbocycles. The second kappa shape index (κ2) is 6.08. The summed E-state index contributed by atoms with van der Waals surface area (Å²) in [7, 11) is -3.69. The molecule has 0 fully saturated rings. The van der Waals surface area contributed by atoms with Crippen molar-refractivity contribution in [3.05, 3.63) is 59.7 Å². The third-order valence-corrected chi connectivity index (χ3v) is 4.18. The number of nitrogens with zero attached hydrogens (tertiary/aromatic N) is 2. The number of nitriles is 2. The van der Waals surface area contributed by atoms with Gasteiger partial charge in [0, 0.05) is 5.69 Å². The van der Waals surface area contributed by atoms with Gasteiger partial charge < -0.3 is 0 Å². The van der Waals surface area contributed by atoms with Crippen LogP contribution in [0.4, 0.5) is 5.69 Å². The van der Waals surface area contributed by atoms with Gasteiger partial charge in [-0.2, -0.15) is 10.5 Å². The summed E-state index contributed by atoms with van der Waals surface area (Å²) in [5.41, 5.74) is 1.63. The molecule has 2 rings (SSSR count). The third-order valence-electron chi connectivity index (χ3n) is 2.78. The van der Waals surface area contributed by atoms with Crippen LogP contribution in [0, 0.1) is 22.7 Å². The highest BCUT2D eigenvalue weighted by molar-refractivity contribution is 7.92. The quantitative estimate of drug-likeness (QED) is 0.937. The molecule has 0 atom stereocenters. The van der Waals surface area contributed by atoms with Gasteiger partial charge in [0.1, 0.15) is 0 Å². The van der Waals surface area contributed by atoms with Crippen molar-refractivity contribution in [3.8, 4) is 12.1 Å². The molecule has 0 heterocycles. The molecule has 0 bridgehead atoms. The molecule has 2 aromatic rings. The largest absolute Gasteiger partial charge is 0.280 e. The zero-order valence-corrected chi connectivity index (χ0v) is 11.8. The van der Waals surface area contributed by atoms with Gasteiger partial charge in [-0.3, -0.25) is 4.72 Å². The zero-order valence-electron chi connectivity index (χ0n) is 10.9. The number of rotatable bonds is 4. The monoisotopic (exact) mass is 297 g/mol. The first-order chi connectivity index (χ1) is 10.0. The van der Waals surface area contributed by atoms with Gasteiger partial charge in [-0.15, -0.1) is 0 Å². The Labute approximate surface area is 123 Å². The summed E-state index contributed by atoms with van der Waals surface area (Å²) >= 11 is 0. The highest BCUT2D eigenvalue weighted by Gasteiger charge is 2.13. The molecule has 0 unspecified atom stereocenters. The first kappa shape index (κ1) is 14.6. The lowest BCUT2D eigenvalue weighted by Crippen LogP contribution is -2.12. The predicted octanol–water partition coefficient (Wildman–Crippen LogP) is 2.43. The van der Waals surface area contributed by atoms with Crippen molar-refractivity contribution in [2.24, 2.45) is 0 Å². The second-order valence-corrected chi connectivity index (χ2v) is 5.96. The van der Waals surface area contributed by atoms with Crippen molar-refractivity contribution in [1.29, 1.82) is 10.5 Å². The van der Waals surface area contributed by atoms with E-state index >= 15 is 0 Å². The van der Waals surface area contributed by atoms with Crippen LogP contribution in [-0.4, -0.2) is 8.42 Å². The van der Waals surface area contributed by atoms with Gasteiger partial charge in [0.15, 0.2) is 0 Å². The van der Waals surface area contributed by atoms with E-state index in [2.05, 4.69) is 4.72 Å². The Hall–Kier alpha value is -2.83. The molecule has 1 N–H and O–H groups in total. The van der Waals surface area contributed by atoms with E-state index in [1.807, 2.05) is 12.1 Å². The molecule has 0 spiro atoms. The summed E-state index contributed by atoms with van der Waals surface area (Å²) in [5.74, 6) is 0. The predicted molar refractivity (Wildman–Crippen MR) is 77.7 cm³/mol. The maximum absolute atomic E-state index is 12.2. The first-order valence-electron chi connectivity index (χ1n) is 6.04. The van der Waals surface area contributed by atoms with Crippen molar-refractivity contribution < 1.29 is 8.42 Å². The van der Waals surface area contributed by atoms with Crippen LogP contribution in [0.1, 0.15) is 11.1 Å². The summed E-state index contributed by atoms with van der Waals surface area (Å²) in [6.45, 7) is 0. The van der Waals surface area contributed by atoms with Crippen molar-refractivity contribution >= 4 is 15.7 Å². The smallest absolute Gasteiger partial charge is 0.261 e. The summed E-state index contributed by atoms with van der Waals surface area (Å²) in [4.78, 5) is 0.0857. The topological polar surface area (TPSA) is 93.8 Å². The van der Waals surface area contributed by atoms with Crippen molar-refractivity contribution in [2.45, 2.75) is 11.3 Å². The zero-order chi connectivity index (χ0) is 15.3. The van der Waals surface area contributed by atoms with Crippen LogP contribution in [0.15, 0.2) is 53.4 Å². The Balaban J connectivity index is 2.20. The Kier molecular flexibility index (Phi) is 4.22. The molecule has 5 nitrogen and oxygen atoms in total. The Bertz CT molecular complexity index is 811. The number of benzene rings is 2. The fourth-order valence-corrected chi connectivity index (χ4v) is 2.76. The molecule has 0 aliphatic heterocycles. The summed E-state index contributed by atoms with van der Waals surface area (Å²) in [5, 5.41) is 17.3. The maximum atomic E-state index is 12.2. The van der Waals surface area contributed by atoms with Crippen molar-refractivity contribution in [2.75, 3.05) is 4.72 Å². The van der Waals surface area contributed by atoms with Crippen LogP contribution in [-0.2, 0) is 16.4 Å². The fourth-order valence-electron chi connectivity index (χ4n) is 1.70. The van der Waals surface area contributed by atoms with Crippen LogP contribution < -0.4 is 4.72 Å². The minimum atomic E-state index is -3.69. The molecule has 0 saturated heterocycles. The van der Waals surface area contributed by atoms with Crippen LogP contribution in [0.25, 0.3) is 0 Å². The van der Waals surface area contributed by atoms with Gasteiger partial charge >= 0.3 is 0 Å². The number of anilines is 1. The molecule has 0 saturated carbocycles. The number of nitrogens with one attached hydrogen (secondary N) is 1. The molecule has 0 radical (unpaired) electrons. The fraction of sp³-hybridized carbons (Fsp3) is 0.0667. The van der Waals surface area contributed by atoms with Gasteiger partial charge in [0.05, 0.1) is 29.0 Å². The van der Waals surface area contributed by atoms with E-state index in [0.29, 0.717) is 11.3 Å². The van der Waals surface area contributed by atoms with E-state index in [9.17, 15) is 8.42 Å². The molecule has 104 valence electrons. The van der Waals surface area contributed by atoms with E-state index in [1.165, 1.54) is 24.3 Å². The van der Waals surface area contributed by atoms with E-state index in [4.69, 9.17) is 10.5 Å². The van der Waals surface area contributed by atoms with Crippen LogP contribution in [0.2, 0.25) is 0 Å². The van der Waals surface area contributed by atoms with Gasteiger partial charge in [0.25, 0.3) is 10.0 Å². The average Bonchev–Trinajstić information content (AvgIpc) is 2.49. The second-order valence-electron chi connectivity index (χ2n) is 4.27. The van der Waals surface area contributed by atoms with Gasteiger partial charge in [0.2, 0.25) is 0 Å². The van der Waals surface area contributed by atoms with Crippen LogP contribution >= 0.6 is 0 Å². The van der Waals surface area contributed by atoms with Crippen LogP contribution in [0.3, 0.4) is 0 Å². The highest BCUT2D eigenvalue weighted by atomic mass is 32.2. The lowest BCUT2D eigenvalue weighted by molar-refractivity contribution is 0.601. The lowest BCUT2D eigenvalue weighted by Gasteiger charge is -2.08. The molecule has 21 heavy (non-hydrogen) atoms. The SMILES string of the molecule is N#CCc1ccc(NS(=O)(=O)c2ccc(C#N)cc2)cc1. The van der Waals surface area contributed by atoms with E-state index in [1.54, 1.807) is 24.3 Å². The maximum Gasteiger partial charge on any atom is 0.261 e. The van der Waals surface area contributed by atoms with Crippen LogP contribution in [0.5, 0.6) is 0 Å². The van der Waals surface area contributed by atoms with Gasteiger partial charge in [-0.05, 0) is 42.0 Å². The number of sulfonamides is 1. The molecule has 6 heteroatoms. The Morgan fingerprint density at radius 1 is 0.952 bits per heavy atom. The number of hydrogen-bond donors (Lipinski definition) is 1. The first-order valence-corrected chi connectivity index (χ1v) is 7.52. The lowest BCUT2D eigenvalue weighted by atomic mass is 10.1. The third kappa shape index (κ3) is 3.59. The molecular weight excluding hydrogens is 286 g/mol. The van der Waals surface area contributed by atoms with E-state index < -0.39 is 10.0 Å². The van der Waals surface area contributed by atoms with E-state index in [0.717, 1.165) is 5.56 Å². The highest BCUT2D eigenvalue weighted by Crippen LogP contribution is 2.17. The normalized spacial score (nSPS) is 10.4. The van der Waals surface area contributed by atoms with Gasteiger partial charge in [-0.25, -0.2) is 8.42 Å². The van der Waals surface area contributed by atoms with Crippen molar-refractivity contribution in [3.63, 3.8) is 0 Å². The standard InChI is InChI=1S/C15H11N3O2S/c16-10-9-12-1-5-14(6-2-12)18-21(19,20)15-7-3-13(11-17)4-8-15/h1-8,18H,9H2. The average molecular weight is 297 g/mol. The Morgan fingerprint density at radius 2 is 1.57 bits per heavy atom. The van der Waals surface area contributed by atoms with Crippen molar-refractivity contribution in [1.82, 2.24) is 0 Å². The summed E-state index contributed by atoms with van der Waals surface area (Å²) in [6, 6.07) is 16.2. The minimum absolute atomic E-state index is 0.0857. The summed E-state index contributed by atoms with van der Waals surface area (Å²) in [6.07, 6.45) is 0.280. The molecular formula is C15H11N3O2S. The number of hydrogen-bond acceptors (Lipinski definition) is 4. The van der Waals surface area contributed by atoms with E-state index in [-0.39, 0.29) is 11.3 Å². The molecule has 0 amide bonds. The Morgan fingerprint density at radius 3 is 2.10 bits per heavy atom. The summed E-state index contributed by atoms with van der Waals surface area (Å²) < 4.78 is 26.8. The molecule has 0 aliphatic carbocycles. The van der Waals surface area contributed by atoms with Gasteiger partial charge in [-0.1, -0.05) is 12.1 Å².